The Labute approximate surface area is 98.1 Å². The highest BCUT2D eigenvalue weighted by Crippen LogP contribution is 2.12. The number of unbranched alkanes of at least 4 members (excludes halogenated alkanes) is 1. The van der Waals surface area contributed by atoms with Crippen LogP contribution in [0.4, 0.5) is 11.5 Å². The van der Waals surface area contributed by atoms with Crippen LogP contribution in [0.2, 0.25) is 0 Å². The van der Waals surface area contributed by atoms with E-state index < -0.39 is 17.6 Å². The highest BCUT2D eigenvalue weighted by molar-refractivity contribution is 5.78. The van der Waals surface area contributed by atoms with Crippen LogP contribution in [-0.2, 0) is 4.79 Å². The van der Waals surface area contributed by atoms with E-state index in [4.69, 9.17) is 10.8 Å². The van der Waals surface area contributed by atoms with Crippen molar-refractivity contribution in [2.75, 3.05) is 11.1 Å². The van der Waals surface area contributed by atoms with Gasteiger partial charge in [-0.1, -0.05) is 19.8 Å². The van der Waals surface area contributed by atoms with Gasteiger partial charge in [0.1, 0.15) is 11.7 Å². The zero-order chi connectivity index (χ0) is 12.8. The Hall–Kier alpha value is -2.05. The van der Waals surface area contributed by atoms with Crippen LogP contribution in [0, 0.1) is 0 Å². The summed E-state index contributed by atoms with van der Waals surface area (Å²) in [5.41, 5.74) is 4.91. The molecule has 0 bridgehead atoms. The minimum absolute atomic E-state index is 0.102. The van der Waals surface area contributed by atoms with E-state index in [0.29, 0.717) is 6.42 Å². The van der Waals surface area contributed by atoms with Crippen molar-refractivity contribution in [3.8, 4) is 0 Å². The monoisotopic (exact) mass is 240 g/mol. The topological polar surface area (TPSA) is 121 Å². The first-order chi connectivity index (χ1) is 8.06. The fourth-order valence-electron chi connectivity index (χ4n) is 1.36. The third-order valence-electron chi connectivity index (χ3n) is 2.34. The molecular weight excluding hydrogens is 224 g/mol. The molecule has 7 heteroatoms. The molecule has 1 atom stereocenters. The van der Waals surface area contributed by atoms with Crippen LogP contribution in [0.5, 0.6) is 0 Å². The molecule has 0 fully saturated rings. The third kappa shape index (κ3) is 3.47. The molecule has 1 aromatic rings. The van der Waals surface area contributed by atoms with Gasteiger partial charge in [-0.25, -0.2) is 9.78 Å². The summed E-state index contributed by atoms with van der Waals surface area (Å²) in [6, 6.07) is -0.786. The lowest BCUT2D eigenvalue weighted by molar-refractivity contribution is -0.138. The predicted octanol–water partition coefficient (Wildman–Crippen LogP) is 0.407. The summed E-state index contributed by atoms with van der Waals surface area (Å²) >= 11 is 0. The number of carboxylic acids is 1. The lowest BCUT2D eigenvalue weighted by Gasteiger charge is -2.15. The van der Waals surface area contributed by atoms with Crippen LogP contribution in [0.3, 0.4) is 0 Å². The van der Waals surface area contributed by atoms with Crippen LogP contribution >= 0.6 is 0 Å². The van der Waals surface area contributed by atoms with Crippen LogP contribution < -0.4 is 16.6 Å². The van der Waals surface area contributed by atoms with E-state index in [1.807, 2.05) is 6.92 Å². The van der Waals surface area contributed by atoms with E-state index in [9.17, 15) is 9.59 Å². The number of aromatic amines is 1. The molecule has 94 valence electrons. The van der Waals surface area contributed by atoms with E-state index in [2.05, 4.69) is 15.3 Å². The second-order valence-corrected chi connectivity index (χ2v) is 3.67. The maximum Gasteiger partial charge on any atom is 0.326 e. The summed E-state index contributed by atoms with van der Waals surface area (Å²) in [7, 11) is 0. The molecule has 7 nitrogen and oxygen atoms in total. The zero-order valence-corrected chi connectivity index (χ0v) is 9.56. The number of anilines is 2. The fraction of sp³-hybridized carbons (Fsp3) is 0.500. The van der Waals surface area contributed by atoms with E-state index in [0.717, 1.165) is 12.8 Å². The van der Waals surface area contributed by atoms with Crippen molar-refractivity contribution in [1.29, 1.82) is 0 Å². The first-order valence-electron chi connectivity index (χ1n) is 5.38. The first-order valence-corrected chi connectivity index (χ1v) is 5.38. The van der Waals surface area contributed by atoms with E-state index >= 15 is 0 Å². The molecule has 0 aliphatic rings. The molecule has 0 amide bonds. The number of hydrogen-bond donors (Lipinski definition) is 4. The Balaban J connectivity index is 2.82. The van der Waals surface area contributed by atoms with Crippen molar-refractivity contribution < 1.29 is 9.90 Å². The highest BCUT2D eigenvalue weighted by atomic mass is 16.4. The van der Waals surface area contributed by atoms with Gasteiger partial charge in [-0.05, 0) is 6.42 Å². The number of nitrogens with one attached hydrogen (secondary N) is 2. The van der Waals surface area contributed by atoms with Gasteiger partial charge < -0.3 is 21.1 Å². The number of carbonyl (C=O) groups is 1. The molecule has 0 spiro atoms. The molecule has 0 aliphatic carbocycles. The quantitative estimate of drug-likeness (QED) is 0.571. The Morgan fingerprint density at radius 1 is 1.71 bits per heavy atom. The Bertz CT molecular complexity index is 443. The van der Waals surface area contributed by atoms with Crippen molar-refractivity contribution >= 4 is 17.5 Å². The number of hydrogen-bond acceptors (Lipinski definition) is 5. The molecule has 1 unspecified atom stereocenters. The normalized spacial score (nSPS) is 12.1. The molecule has 1 heterocycles. The number of H-pyrrole nitrogens is 1. The second kappa shape index (κ2) is 5.88. The average Bonchev–Trinajstić information content (AvgIpc) is 2.29. The largest absolute Gasteiger partial charge is 0.480 e. The Kier molecular flexibility index (Phi) is 4.50. The zero-order valence-electron chi connectivity index (χ0n) is 9.56. The van der Waals surface area contributed by atoms with Gasteiger partial charge in [0, 0.05) is 0 Å². The van der Waals surface area contributed by atoms with Gasteiger partial charge in [-0.3, -0.25) is 4.79 Å². The summed E-state index contributed by atoms with van der Waals surface area (Å²) < 4.78 is 0. The van der Waals surface area contributed by atoms with Crippen molar-refractivity contribution in [1.82, 2.24) is 9.97 Å². The molecule has 0 aromatic carbocycles. The molecule has 0 saturated carbocycles. The van der Waals surface area contributed by atoms with Crippen LogP contribution in [-0.4, -0.2) is 27.1 Å². The maximum absolute atomic E-state index is 11.2. The van der Waals surface area contributed by atoms with Crippen LogP contribution in [0.25, 0.3) is 0 Å². The number of nitrogens with zero attached hydrogens (tertiary/aromatic N) is 1. The van der Waals surface area contributed by atoms with Crippen LogP contribution in [0.1, 0.15) is 26.2 Å². The summed E-state index contributed by atoms with van der Waals surface area (Å²) in [6.07, 6.45) is 3.30. The number of rotatable bonds is 6. The maximum atomic E-state index is 11.2. The van der Waals surface area contributed by atoms with E-state index in [-0.39, 0.29) is 11.5 Å². The second-order valence-electron chi connectivity index (χ2n) is 3.67. The molecule has 17 heavy (non-hydrogen) atoms. The van der Waals surface area contributed by atoms with Gasteiger partial charge in [-0.2, -0.15) is 0 Å². The summed E-state index contributed by atoms with van der Waals surface area (Å²) in [5, 5.41) is 11.7. The van der Waals surface area contributed by atoms with Crippen molar-refractivity contribution in [2.24, 2.45) is 0 Å². The Morgan fingerprint density at radius 3 is 3.00 bits per heavy atom. The van der Waals surface area contributed by atoms with Gasteiger partial charge in [0.15, 0.2) is 5.82 Å². The first kappa shape index (κ1) is 13.0. The lowest BCUT2D eigenvalue weighted by atomic mass is 10.1. The molecule has 1 aromatic heterocycles. The molecule has 0 aliphatic heterocycles. The SMILES string of the molecule is CCCCC(Nc1nc[nH]c(=O)c1N)C(=O)O. The van der Waals surface area contributed by atoms with E-state index in [1.165, 1.54) is 6.33 Å². The molecule has 0 saturated heterocycles. The van der Waals surface area contributed by atoms with Crippen LogP contribution in [0.15, 0.2) is 11.1 Å². The number of nitrogens with two attached hydrogens (primary N) is 1. The predicted molar refractivity (Wildman–Crippen MR) is 63.8 cm³/mol. The lowest BCUT2D eigenvalue weighted by Crippen LogP contribution is -2.31. The van der Waals surface area contributed by atoms with Gasteiger partial charge in [0.25, 0.3) is 5.56 Å². The van der Waals surface area contributed by atoms with E-state index in [1.54, 1.807) is 0 Å². The number of aliphatic carboxylic acids is 1. The summed E-state index contributed by atoms with van der Waals surface area (Å²) in [6.45, 7) is 1.97. The van der Waals surface area contributed by atoms with Crippen molar-refractivity contribution in [3.05, 3.63) is 16.7 Å². The number of carboxylic acid groups (broad SMARTS) is 1. The minimum atomic E-state index is -0.986. The summed E-state index contributed by atoms with van der Waals surface area (Å²) in [4.78, 5) is 28.3. The number of nitrogen functional groups attached to an aromatic ring is 1. The molecule has 1 rings (SSSR count). The average molecular weight is 240 g/mol. The van der Waals surface area contributed by atoms with Gasteiger partial charge in [0.05, 0.1) is 6.33 Å². The fourth-order valence-corrected chi connectivity index (χ4v) is 1.36. The standard InChI is InChI=1S/C10H16N4O3/c1-2-3-4-6(10(16)17)14-8-7(11)9(15)13-5-12-8/h5-6H,2-4,11H2,1H3,(H,16,17)(H2,12,13,14,15). The van der Waals surface area contributed by atoms with Gasteiger partial charge >= 0.3 is 5.97 Å². The van der Waals surface area contributed by atoms with Crippen molar-refractivity contribution in [3.63, 3.8) is 0 Å². The third-order valence-corrected chi connectivity index (χ3v) is 2.34. The number of aromatic nitrogens is 2. The van der Waals surface area contributed by atoms with Gasteiger partial charge in [-0.15, -0.1) is 0 Å². The smallest absolute Gasteiger partial charge is 0.326 e. The molecule has 5 N–H and O–H groups in total. The Morgan fingerprint density at radius 2 is 2.41 bits per heavy atom. The minimum Gasteiger partial charge on any atom is -0.480 e. The molecular formula is C10H16N4O3. The van der Waals surface area contributed by atoms with Gasteiger partial charge in [0.2, 0.25) is 0 Å². The highest BCUT2D eigenvalue weighted by Gasteiger charge is 2.18. The van der Waals surface area contributed by atoms with Crippen molar-refractivity contribution in [2.45, 2.75) is 32.2 Å². The summed E-state index contributed by atoms with van der Waals surface area (Å²) in [5.74, 6) is -0.878. The molecule has 0 radical (unpaired) electrons.